The Hall–Kier alpha value is -1.55. The van der Waals surface area contributed by atoms with Gasteiger partial charge >= 0.3 is 5.97 Å². The van der Waals surface area contributed by atoms with Gasteiger partial charge in [-0.2, -0.15) is 0 Å². The molecule has 0 N–H and O–H groups in total. The smallest absolute Gasteiger partial charge is 0.313 e. The molecule has 104 valence electrons. The fourth-order valence-electron chi connectivity index (χ4n) is 2.13. The zero-order valence-corrected chi connectivity index (χ0v) is 11.4. The van der Waals surface area contributed by atoms with Crippen LogP contribution in [0.2, 0.25) is 0 Å². The average molecular weight is 264 g/mol. The molecule has 0 saturated heterocycles. The molecule has 2 atom stereocenters. The zero-order chi connectivity index (χ0) is 13.7. The Labute approximate surface area is 113 Å². The number of fused-ring (bicyclic) bond motifs is 1. The van der Waals surface area contributed by atoms with Gasteiger partial charge in [-0.1, -0.05) is 18.2 Å². The lowest BCUT2D eigenvalue weighted by molar-refractivity contribution is -0.146. The second kappa shape index (κ2) is 6.57. The first-order valence-electron chi connectivity index (χ1n) is 6.63. The molecular formula is C15H20O4. The lowest BCUT2D eigenvalue weighted by Gasteiger charge is -2.24. The fourth-order valence-corrected chi connectivity index (χ4v) is 2.13. The Bertz CT molecular complexity index is 430. The third-order valence-electron chi connectivity index (χ3n) is 3.41. The van der Waals surface area contributed by atoms with Gasteiger partial charge < -0.3 is 14.2 Å². The van der Waals surface area contributed by atoms with Crippen LogP contribution >= 0.6 is 0 Å². The standard InChI is InChI=1S/C15H20O4/c1-11(17-2)7-9-19-15(16)13-8-10-18-14-6-4-3-5-12(13)14/h3-6,11,13H,7-10H2,1-2H3. The van der Waals surface area contributed by atoms with Crippen LogP contribution in [0.5, 0.6) is 5.75 Å². The molecule has 0 saturated carbocycles. The van der Waals surface area contributed by atoms with Gasteiger partial charge in [0.2, 0.25) is 0 Å². The highest BCUT2D eigenvalue weighted by atomic mass is 16.5. The molecule has 1 aliphatic rings. The Balaban J connectivity index is 1.93. The summed E-state index contributed by atoms with van der Waals surface area (Å²) in [5.41, 5.74) is 0.929. The van der Waals surface area contributed by atoms with Gasteiger partial charge in [0, 0.05) is 19.1 Å². The lowest BCUT2D eigenvalue weighted by atomic mass is 9.93. The fraction of sp³-hybridized carbons (Fsp3) is 0.533. The first-order chi connectivity index (χ1) is 9.22. The molecule has 19 heavy (non-hydrogen) atoms. The SMILES string of the molecule is COC(C)CCOC(=O)C1CCOc2ccccc21. The molecule has 0 radical (unpaired) electrons. The van der Waals surface area contributed by atoms with Crippen molar-refractivity contribution in [3.05, 3.63) is 29.8 Å². The van der Waals surface area contributed by atoms with Crippen LogP contribution in [0.25, 0.3) is 0 Å². The number of hydrogen-bond acceptors (Lipinski definition) is 4. The number of carbonyl (C=O) groups is 1. The summed E-state index contributed by atoms with van der Waals surface area (Å²) in [4.78, 5) is 12.1. The molecule has 4 heteroatoms. The van der Waals surface area contributed by atoms with Crippen molar-refractivity contribution in [1.29, 1.82) is 0 Å². The van der Waals surface area contributed by atoms with Gasteiger partial charge in [0.05, 0.1) is 25.2 Å². The predicted molar refractivity (Wildman–Crippen MR) is 71.3 cm³/mol. The van der Waals surface area contributed by atoms with E-state index in [9.17, 15) is 4.79 Å². The lowest BCUT2D eigenvalue weighted by Crippen LogP contribution is -2.24. The molecule has 1 heterocycles. The van der Waals surface area contributed by atoms with Crippen molar-refractivity contribution in [3.8, 4) is 5.75 Å². The maximum atomic E-state index is 12.1. The molecule has 0 aromatic heterocycles. The van der Waals surface area contributed by atoms with Crippen LogP contribution in [0.3, 0.4) is 0 Å². The third kappa shape index (κ3) is 3.47. The molecule has 1 aromatic carbocycles. The molecule has 4 nitrogen and oxygen atoms in total. The molecule has 1 aromatic rings. The van der Waals surface area contributed by atoms with Crippen LogP contribution in [0, 0.1) is 0 Å². The Kier molecular flexibility index (Phi) is 4.80. The number of esters is 1. The van der Waals surface area contributed by atoms with Crippen LogP contribution in [0.1, 0.15) is 31.2 Å². The number of ether oxygens (including phenoxy) is 3. The van der Waals surface area contributed by atoms with Crippen molar-refractivity contribution in [1.82, 2.24) is 0 Å². The van der Waals surface area contributed by atoms with Gasteiger partial charge in [-0.05, 0) is 19.4 Å². The highest BCUT2D eigenvalue weighted by molar-refractivity contribution is 5.79. The minimum absolute atomic E-state index is 0.106. The van der Waals surface area contributed by atoms with E-state index < -0.39 is 0 Å². The van der Waals surface area contributed by atoms with Crippen molar-refractivity contribution in [2.75, 3.05) is 20.3 Å². The summed E-state index contributed by atoms with van der Waals surface area (Å²) < 4.78 is 16.0. The van der Waals surface area contributed by atoms with Crippen LogP contribution in [-0.4, -0.2) is 32.4 Å². The summed E-state index contributed by atoms with van der Waals surface area (Å²) in [7, 11) is 1.65. The van der Waals surface area contributed by atoms with Gasteiger partial charge in [0.25, 0.3) is 0 Å². The second-order valence-corrected chi connectivity index (χ2v) is 4.73. The van der Waals surface area contributed by atoms with Gasteiger partial charge in [0.1, 0.15) is 5.75 Å². The van der Waals surface area contributed by atoms with Gasteiger partial charge in [-0.15, -0.1) is 0 Å². The molecule has 0 amide bonds. The van der Waals surface area contributed by atoms with Crippen LogP contribution in [-0.2, 0) is 14.3 Å². The second-order valence-electron chi connectivity index (χ2n) is 4.73. The van der Waals surface area contributed by atoms with Crippen molar-refractivity contribution in [3.63, 3.8) is 0 Å². The van der Waals surface area contributed by atoms with E-state index in [1.165, 1.54) is 0 Å². The Morgan fingerprint density at radius 3 is 3.05 bits per heavy atom. The number of benzene rings is 1. The summed E-state index contributed by atoms with van der Waals surface area (Å²) in [6.45, 7) is 2.91. The van der Waals surface area contributed by atoms with E-state index in [2.05, 4.69) is 0 Å². The molecule has 0 spiro atoms. The molecule has 0 bridgehead atoms. The zero-order valence-electron chi connectivity index (χ0n) is 11.4. The molecule has 2 unspecified atom stereocenters. The first-order valence-corrected chi connectivity index (χ1v) is 6.63. The summed E-state index contributed by atoms with van der Waals surface area (Å²) in [5, 5.41) is 0. The topological polar surface area (TPSA) is 44.8 Å². The third-order valence-corrected chi connectivity index (χ3v) is 3.41. The number of carbonyl (C=O) groups excluding carboxylic acids is 1. The van der Waals surface area contributed by atoms with E-state index >= 15 is 0 Å². The summed E-state index contributed by atoms with van der Waals surface area (Å²) in [6.07, 6.45) is 1.50. The normalized spacial score (nSPS) is 19.2. The van der Waals surface area contributed by atoms with Crippen molar-refractivity contribution < 1.29 is 19.0 Å². The van der Waals surface area contributed by atoms with Gasteiger partial charge in [-0.25, -0.2) is 0 Å². The Morgan fingerprint density at radius 1 is 1.47 bits per heavy atom. The number of rotatable bonds is 5. The highest BCUT2D eigenvalue weighted by Gasteiger charge is 2.28. The van der Waals surface area contributed by atoms with Crippen molar-refractivity contribution >= 4 is 5.97 Å². The van der Waals surface area contributed by atoms with Gasteiger partial charge in [-0.3, -0.25) is 4.79 Å². The van der Waals surface area contributed by atoms with Gasteiger partial charge in [0.15, 0.2) is 0 Å². The number of methoxy groups -OCH3 is 1. The average Bonchev–Trinajstić information content (AvgIpc) is 2.46. The Morgan fingerprint density at radius 2 is 2.26 bits per heavy atom. The first kappa shape index (κ1) is 13.9. The van der Waals surface area contributed by atoms with E-state index in [-0.39, 0.29) is 18.0 Å². The van der Waals surface area contributed by atoms with E-state index in [0.29, 0.717) is 26.1 Å². The van der Waals surface area contributed by atoms with E-state index in [1.54, 1.807) is 7.11 Å². The molecule has 0 fully saturated rings. The summed E-state index contributed by atoms with van der Waals surface area (Å²) >= 11 is 0. The summed E-state index contributed by atoms with van der Waals surface area (Å²) in [6, 6.07) is 7.65. The number of hydrogen-bond donors (Lipinski definition) is 0. The van der Waals surface area contributed by atoms with Crippen molar-refractivity contribution in [2.45, 2.75) is 31.8 Å². The van der Waals surface area contributed by atoms with Crippen LogP contribution in [0.4, 0.5) is 0 Å². The van der Waals surface area contributed by atoms with E-state index in [1.807, 2.05) is 31.2 Å². The molecule has 2 rings (SSSR count). The predicted octanol–water partition coefficient (Wildman–Crippen LogP) is 2.52. The monoisotopic (exact) mass is 264 g/mol. The minimum atomic E-state index is -0.206. The molecular weight excluding hydrogens is 244 g/mol. The summed E-state index contributed by atoms with van der Waals surface area (Å²) in [5.74, 6) is 0.419. The van der Waals surface area contributed by atoms with E-state index in [0.717, 1.165) is 11.3 Å². The van der Waals surface area contributed by atoms with Crippen LogP contribution in [0.15, 0.2) is 24.3 Å². The molecule has 0 aliphatic carbocycles. The quantitative estimate of drug-likeness (QED) is 0.767. The number of para-hydroxylation sites is 1. The maximum Gasteiger partial charge on any atom is 0.313 e. The largest absolute Gasteiger partial charge is 0.493 e. The molecule has 1 aliphatic heterocycles. The highest BCUT2D eigenvalue weighted by Crippen LogP contribution is 2.34. The van der Waals surface area contributed by atoms with Crippen molar-refractivity contribution in [2.24, 2.45) is 0 Å². The maximum absolute atomic E-state index is 12.1. The van der Waals surface area contributed by atoms with Crippen LogP contribution < -0.4 is 4.74 Å². The van der Waals surface area contributed by atoms with E-state index in [4.69, 9.17) is 14.2 Å². The minimum Gasteiger partial charge on any atom is -0.493 e.